The highest BCUT2D eigenvalue weighted by Crippen LogP contribution is 2.30. The summed E-state index contributed by atoms with van der Waals surface area (Å²) in [7, 11) is 0. The van der Waals surface area contributed by atoms with E-state index in [1.54, 1.807) is 6.92 Å². The zero-order valence-electron chi connectivity index (χ0n) is 10.3. The average Bonchev–Trinajstić information content (AvgIpc) is 2.33. The van der Waals surface area contributed by atoms with Crippen molar-refractivity contribution in [1.29, 1.82) is 0 Å². The Labute approximate surface area is 106 Å². The Hall–Kier alpha value is -1.64. The van der Waals surface area contributed by atoms with E-state index in [1.165, 1.54) is 0 Å². The van der Waals surface area contributed by atoms with E-state index in [2.05, 4.69) is 4.85 Å². The fraction of sp³-hybridized carbons (Fsp3) is 0.538. The lowest BCUT2D eigenvalue weighted by molar-refractivity contribution is -0.115. The summed E-state index contributed by atoms with van der Waals surface area (Å²) in [6.07, 6.45) is 0.607. The second kappa shape index (κ2) is 6.34. The monoisotopic (exact) mass is 251 g/mol. The number of carbonyl (C=O) groups excluding carboxylic acids is 1. The smallest absolute Gasteiger partial charge is 0.232 e. The van der Waals surface area contributed by atoms with Gasteiger partial charge >= 0.3 is 0 Å². The van der Waals surface area contributed by atoms with Crippen LogP contribution in [0.15, 0.2) is 22.6 Å². The molecule has 1 aliphatic rings. The van der Waals surface area contributed by atoms with Crippen molar-refractivity contribution < 1.29 is 20.1 Å². The Morgan fingerprint density at radius 3 is 2.72 bits per heavy atom. The maximum atomic E-state index is 11.5. The molecule has 0 saturated heterocycles. The number of carbonyl (C=O) groups is 1. The van der Waals surface area contributed by atoms with Crippen molar-refractivity contribution in [2.45, 2.75) is 38.7 Å². The number of rotatable bonds is 5. The van der Waals surface area contributed by atoms with Crippen LogP contribution in [-0.2, 0) is 4.79 Å². The van der Waals surface area contributed by atoms with Crippen LogP contribution in [0.25, 0.3) is 4.85 Å². The molecule has 18 heavy (non-hydrogen) atoms. The third kappa shape index (κ3) is 3.19. The lowest BCUT2D eigenvalue weighted by Gasteiger charge is -2.18. The summed E-state index contributed by atoms with van der Waals surface area (Å²) in [6, 6.07) is 0. The molecule has 5 nitrogen and oxygen atoms in total. The van der Waals surface area contributed by atoms with Gasteiger partial charge in [-0.2, -0.15) is 0 Å². The number of aliphatic hydroxyl groups is 3. The average molecular weight is 251 g/mol. The molecule has 0 aromatic heterocycles. The fourth-order valence-corrected chi connectivity index (χ4v) is 1.99. The van der Waals surface area contributed by atoms with Gasteiger partial charge in [0.25, 0.3) is 0 Å². The van der Waals surface area contributed by atoms with Crippen LogP contribution in [0.4, 0.5) is 0 Å². The van der Waals surface area contributed by atoms with Gasteiger partial charge in [-0.3, -0.25) is 0 Å². The van der Waals surface area contributed by atoms with E-state index in [4.69, 9.17) is 11.7 Å². The summed E-state index contributed by atoms with van der Waals surface area (Å²) < 4.78 is 0. The largest absolute Gasteiger partial charge is 0.512 e. The highest BCUT2D eigenvalue weighted by atomic mass is 16.3. The predicted octanol–water partition coefficient (Wildman–Crippen LogP) is 1.49. The Balaban J connectivity index is 2.76. The summed E-state index contributed by atoms with van der Waals surface area (Å²) in [6.45, 7) is 8.32. The van der Waals surface area contributed by atoms with Gasteiger partial charge in [-0.1, -0.05) is 0 Å². The third-order valence-corrected chi connectivity index (χ3v) is 3.04. The zero-order valence-corrected chi connectivity index (χ0v) is 10.3. The Kier molecular flexibility index (Phi) is 5.08. The molecular formula is C13H17NO4. The molecule has 0 aromatic rings. The molecule has 0 radical (unpaired) electrons. The zero-order chi connectivity index (χ0) is 13.7. The molecule has 3 N–H and O–H groups in total. The minimum absolute atomic E-state index is 0.0170. The second-order valence-corrected chi connectivity index (χ2v) is 4.34. The Morgan fingerprint density at radius 1 is 1.50 bits per heavy atom. The molecule has 1 rings (SSSR count). The quantitative estimate of drug-likeness (QED) is 0.646. The first kappa shape index (κ1) is 14.4. The summed E-state index contributed by atoms with van der Waals surface area (Å²) in [5, 5.41) is 27.7. The second-order valence-electron chi connectivity index (χ2n) is 4.34. The molecule has 0 amide bonds. The van der Waals surface area contributed by atoms with Crippen LogP contribution < -0.4 is 0 Å². The van der Waals surface area contributed by atoms with Gasteiger partial charge in [-0.15, -0.1) is 0 Å². The lowest BCUT2D eigenvalue weighted by Crippen LogP contribution is -2.14. The minimum Gasteiger partial charge on any atom is -0.512 e. The van der Waals surface area contributed by atoms with E-state index in [0.717, 1.165) is 0 Å². The maximum absolute atomic E-state index is 11.5. The third-order valence-electron chi connectivity index (χ3n) is 3.04. The number of Topliss-reactive ketones (excluding diaryl/α,β-unsaturated/α-hetero) is 1. The van der Waals surface area contributed by atoms with Crippen LogP contribution in [0.1, 0.15) is 32.6 Å². The molecule has 0 saturated carbocycles. The SMILES string of the molecule is [C-]#[N+]C1=C(C)C(CCCC(O)CO)=C(O)CC1=O. The number of aliphatic hydroxyl groups excluding tert-OH is 3. The van der Waals surface area contributed by atoms with Crippen molar-refractivity contribution in [2.75, 3.05) is 6.61 Å². The number of allylic oxidation sites excluding steroid dienone is 4. The van der Waals surface area contributed by atoms with Crippen molar-refractivity contribution in [1.82, 2.24) is 0 Å². The molecule has 1 aliphatic carbocycles. The van der Waals surface area contributed by atoms with Crippen molar-refractivity contribution in [3.8, 4) is 0 Å². The van der Waals surface area contributed by atoms with Crippen LogP contribution in [0.2, 0.25) is 0 Å². The molecule has 1 unspecified atom stereocenters. The van der Waals surface area contributed by atoms with E-state index in [9.17, 15) is 15.0 Å². The van der Waals surface area contributed by atoms with Crippen molar-refractivity contribution in [3.05, 3.63) is 34.0 Å². The molecule has 0 bridgehead atoms. The Morgan fingerprint density at radius 2 is 2.17 bits per heavy atom. The molecule has 5 heteroatoms. The van der Waals surface area contributed by atoms with Crippen molar-refractivity contribution in [3.63, 3.8) is 0 Å². The van der Waals surface area contributed by atoms with Crippen LogP contribution >= 0.6 is 0 Å². The number of nitrogens with zero attached hydrogens (tertiary/aromatic N) is 1. The van der Waals surface area contributed by atoms with Gasteiger partial charge in [0, 0.05) is 0 Å². The van der Waals surface area contributed by atoms with Crippen LogP contribution in [-0.4, -0.2) is 33.8 Å². The predicted molar refractivity (Wildman–Crippen MR) is 65.5 cm³/mol. The summed E-state index contributed by atoms with van der Waals surface area (Å²) >= 11 is 0. The topological polar surface area (TPSA) is 82.1 Å². The summed E-state index contributed by atoms with van der Waals surface area (Å²) in [5.41, 5.74) is 1.23. The molecule has 0 fully saturated rings. The minimum atomic E-state index is -0.761. The number of ketones is 1. The van der Waals surface area contributed by atoms with E-state index < -0.39 is 6.10 Å². The normalized spacial score (nSPS) is 18.0. The van der Waals surface area contributed by atoms with Gasteiger partial charge in [-0.25, -0.2) is 4.85 Å². The molecule has 0 heterocycles. The first-order chi connectivity index (χ1) is 8.51. The van der Waals surface area contributed by atoms with Crippen molar-refractivity contribution in [2.24, 2.45) is 0 Å². The van der Waals surface area contributed by atoms with E-state index in [-0.39, 0.29) is 30.3 Å². The lowest BCUT2D eigenvalue weighted by atomic mass is 9.90. The van der Waals surface area contributed by atoms with E-state index in [0.29, 0.717) is 30.4 Å². The molecule has 0 aliphatic heterocycles. The summed E-state index contributed by atoms with van der Waals surface area (Å²) in [4.78, 5) is 14.7. The van der Waals surface area contributed by atoms with Gasteiger partial charge in [0.15, 0.2) is 5.78 Å². The standard InChI is InChI=1S/C13H17NO4/c1-8-10(5-3-4-9(16)7-15)11(17)6-12(18)13(8)14-2/h9,15-17H,3-7H2,1H3. The first-order valence-electron chi connectivity index (χ1n) is 5.83. The van der Waals surface area contributed by atoms with Crippen molar-refractivity contribution >= 4 is 5.78 Å². The van der Waals surface area contributed by atoms with Gasteiger partial charge in [0.2, 0.25) is 5.70 Å². The fourth-order valence-electron chi connectivity index (χ4n) is 1.99. The van der Waals surface area contributed by atoms with Crippen LogP contribution in [0.3, 0.4) is 0 Å². The molecule has 98 valence electrons. The Bertz CT molecular complexity index is 442. The van der Waals surface area contributed by atoms with Crippen LogP contribution in [0.5, 0.6) is 0 Å². The molecule has 0 spiro atoms. The van der Waals surface area contributed by atoms with E-state index in [1.807, 2.05) is 0 Å². The highest BCUT2D eigenvalue weighted by molar-refractivity contribution is 6.01. The van der Waals surface area contributed by atoms with Crippen LogP contribution in [0, 0.1) is 6.57 Å². The molecule has 1 atom stereocenters. The first-order valence-corrected chi connectivity index (χ1v) is 5.83. The highest BCUT2D eigenvalue weighted by Gasteiger charge is 2.25. The van der Waals surface area contributed by atoms with Gasteiger partial charge < -0.3 is 20.1 Å². The maximum Gasteiger partial charge on any atom is 0.232 e. The van der Waals surface area contributed by atoms with Gasteiger partial charge in [-0.05, 0) is 37.3 Å². The molecule has 0 aromatic carbocycles. The number of hydrogen-bond acceptors (Lipinski definition) is 4. The van der Waals surface area contributed by atoms with Gasteiger partial charge in [0.05, 0.1) is 25.7 Å². The number of hydrogen-bond donors (Lipinski definition) is 3. The summed E-state index contributed by atoms with van der Waals surface area (Å²) in [5.74, 6) is -0.331. The molecular weight excluding hydrogens is 234 g/mol. The van der Waals surface area contributed by atoms with Gasteiger partial charge in [0.1, 0.15) is 5.76 Å². The van der Waals surface area contributed by atoms with E-state index >= 15 is 0 Å².